The summed E-state index contributed by atoms with van der Waals surface area (Å²) in [5.41, 5.74) is 1.05. The summed E-state index contributed by atoms with van der Waals surface area (Å²) < 4.78 is 0. The Morgan fingerprint density at radius 3 is 2.77 bits per heavy atom. The van der Waals surface area contributed by atoms with Crippen LogP contribution in [0.3, 0.4) is 0 Å². The molecule has 1 aliphatic heterocycles. The first kappa shape index (κ1) is 10.4. The van der Waals surface area contributed by atoms with E-state index < -0.39 is 0 Å². The van der Waals surface area contributed by atoms with Crippen LogP contribution >= 0.6 is 23.7 Å². The number of nitrogens with zero attached hydrogens (tertiary/aromatic N) is 1. The molecule has 13 heavy (non-hydrogen) atoms. The van der Waals surface area contributed by atoms with E-state index >= 15 is 0 Å². The standard InChI is InChI=1S/C7H8N2O2S.ClH/c10-9(11)7-3-5(4-12-7)6-1-2-8-6;/h3-4,6,8H,1-2H2;1H/t6-;/m0./s1. The smallest absolute Gasteiger partial charge is 0.310 e. The molecular weight excluding hydrogens is 212 g/mol. The van der Waals surface area contributed by atoms with Gasteiger partial charge in [-0.1, -0.05) is 11.3 Å². The molecular formula is C7H9ClN2O2S. The lowest BCUT2D eigenvalue weighted by atomic mass is 10.0. The van der Waals surface area contributed by atoms with Gasteiger partial charge in [-0.25, -0.2) is 0 Å². The predicted molar refractivity (Wildman–Crippen MR) is 53.6 cm³/mol. The summed E-state index contributed by atoms with van der Waals surface area (Å²) in [7, 11) is 0. The molecule has 4 nitrogen and oxygen atoms in total. The Hall–Kier alpha value is -0.650. The molecule has 1 aromatic rings. The van der Waals surface area contributed by atoms with Crippen molar-refractivity contribution in [2.24, 2.45) is 0 Å². The van der Waals surface area contributed by atoms with Crippen molar-refractivity contribution >= 4 is 28.7 Å². The molecule has 0 saturated carbocycles. The van der Waals surface area contributed by atoms with Gasteiger partial charge in [0.2, 0.25) is 0 Å². The Kier molecular flexibility index (Phi) is 3.24. The fourth-order valence-electron chi connectivity index (χ4n) is 1.19. The third kappa shape index (κ3) is 1.99. The second-order valence-electron chi connectivity index (χ2n) is 2.77. The van der Waals surface area contributed by atoms with Crippen molar-refractivity contribution in [1.82, 2.24) is 5.32 Å². The first-order chi connectivity index (χ1) is 5.77. The van der Waals surface area contributed by atoms with Gasteiger partial charge in [0.15, 0.2) is 0 Å². The fourth-order valence-corrected chi connectivity index (χ4v) is 1.97. The molecule has 0 radical (unpaired) electrons. The second-order valence-corrected chi connectivity index (χ2v) is 3.66. The molecule has 2 heterocycles. The van der Waals surface area contributed by atoms with Crippen LogP contribution in [0.2, 0.25) is 0 Å². The number of nitrogens with one attached hydrogen (secondary N) is 1. The molecule has 1 saturated heterocycles. The largest absolute Gasteiger partial charge is 0.324 e. The van der Waals surface area contributed by atoms with Crippen molar-refractivity contribution in [3.8, 4) is 0 Å². The van der Waals surface area contributed by atoms with Crippen molar-refractivity contribution in [2.45, 2.75) is 12.5 Å². The van der Waals surface area contributed by atoms with E-state index in [-0.39, 0.29) is 22.3 Å². The van der Waals surface area contributed by atoms with Gasteiger partial charge in [0.1, 0.15) is 0 Å². The highest BCUT2D eigenvalue weighted by atomic mass is 35.5. The SMILES string of the molecule is Cl.O=[N+]([O-])c1cc([C@@H]2CCN2)cs1. The molecule has 0 unspecified atom stereocenters. The lowest BCUT2D eigenvalue weighted by Crippen LogP contribution is -2.34. The van der Waals surface area contributed by atoms with Crippen LogP contribution in [0.25, 0.3) is 0 Å². The minimum absolute atomic E-state index is 0. The van der Waals surface area contributed by atoms with E-state index in [0.29, 0.717) is 6.04 Å². The summed E-state index contributed by atoms with van der Waals surface area (Å²) in [5, 5.41) is 15.6. The van der Waals surface area contributed by atoms with Gasteiger partial charge in [0, 0.05) is 17.5 Å². The van der Waals surface area contributed by atoms with Gasteiger partial charge in [0.05, 0.1) is 4.92 Å². The maximum Gasteiger partial charge on any atom is 0.324 e. The zero-order chi connectivity index (χ0) is 8.55. The van der Waals surface area contributed by atoms with Crippen LogP contribution in [0, 0.1) is 10.1 Å². The number of hydrogen-bond acceptors (Lipinski definition) is 4. The average Bonchev–Trinajstić information content (AvgIpc) is 2.32. The lowest BCUT2D eigenvalue weighted by molar-refractivity contribution is -0.380. The number of thiophene rings is 1. The quantitative estimate of drug-likeness (QED) is 0.614. The monoisotopic (exact) mass is 220 g/mol. The summed E-state index contributed by atoms with van der Waals surface area (Å²) in [5.74, 6) is 0. The number of halogens is 1. The minimum atomic E-state index is -0.340. The van der Waals surface area contributed by atoms with Crippen LogP contribution in [-0.2, 0) is 0 Å². The third-order valence-corrected chi connectivity index (χ3v) is 2.91. The van der Waals surface area contributed by atoms with E-state index in [2.05, 4.69) is 5.32 Å². The molecule has 0 aliphatic carbocycles. The van der Waals surface area contributed by atoms with Crippen LogP contribution in [0.1, 0.15) is 18.0 Å². The fraction of sp³-hybridized carbons (Fsp3) is 0.429. The van der Waals surface area contributed by atoms with Crippen molar-refractivity contribution in [3.05, 3.63) is 27.1 Å². The molecule has 1 aromatic heterocycles. The van der Waals surface area contributed by atoms with Crippen LogP contribution in [0.5, 0.6) is 0 Å². The molecule has 2 rings (SSSR count). The summed E-state index contributed by atoms with van der Waals surface area (Å²) in [4.78, 5) is 10.00. The lowest BCUT2D eigenvalue weighted by Gasteiger charge is -2.26. The van der Waals surface area contributed by atoms with E-state index in [0.717, 1.165) is 18.5 Å². The topological polar surface area (TPSA) is 55.2 Å². The van der Waals surface area contributed by atoms with Gasteiger partial charge >= 0.3 is 5.00 Å². The Balaban J connectivity index is 0.000000845. The highest BCUT2D eigenvalue weighted by molar-refractivity contribution is 7.13. The zero-order valence-corrected chi connectivity index (χ0v) is 8.36. The third-order valence-electron chi connectivity index (χ3n) is 2.01. The normalized spacial score (nSPS) is 20.2. The molecule has 1 N–H and O–H groups in total. The van der Waals surface area contributed by atoms with E-state index in [1.54, 1.807) is 6.07 Å². The summed E-state index contributed by atoms with van der Waals surface area (Å²) in [6.45, 7) is 1.02. The minimum Gasteiger partial charge on any atom is -0.310 e. The molecule has 1 atom stereocenters. The van der Waals surface area contributed by atoms with Gasteiger partial charge in [-0.3, -0.25) is 10.1 Å². The number of nitro groups is 1. The molecule has 0 aromatic carbocycles. The van der Waals surface area contributed by atoms with Crippen LogP contribution in [0.15, 0.2) is 11.4 Å². The highest BCUT2D eigenvalue weighted by Gasteiger charge is 2.21. The predicted octanol–water partition coefficient (Wildman–Crippen LogP) is 2.11. The zero-order valence-electron chi connectivity index (χ0n) is 6.73. The van der Waals surface area contributed by atoms with Gasteiger partial charge < -0.3 is 5.32 Å². The van der Waals surface area contributed by atoms with Crippen molar-refractivity contribution in [2.75, 3.05) is 6.54 Å². The highest BCUT2D eigenvalue weighted by Crippen LogP contribution is 2.30. The van der Waals surface area contributed by atoms with Gasteiger partial charge in [-0.05, 0) is 18.5 Å². The molecule has 0 bridgehead atoms. The molecule has 0 spiro atoms. The summed E-state index contributed by atoms with van der Waals surface area (Å²) in [6.07, 6.45) is 1.09. The summed E-state index contributed by atoms with van der Waals surface area (Å²) in [6, 6.07) is 2.01. The maximum atomic E-state index is 10.3. The van der Waals surface area contributed by atoms with Crippen LogP contribution < -0.4 is 5.32 Å². The number of rotatable bonds is 2. The molecule has 6 heteroatoms. The Morgan fingerprint density at radius 2 is 2.38 bits per heavy atom. The van der Waals surface area contributed by atoms with Crippen molar-refractivity contribution in [1.29, 1.82) is 0 Å². The first-order valence-electron chi connectivity index (χ1n) is 3.73. The van der Waals surface area contributed by atoms with Crippen molar-refractivity contribution in [3.63, 3.8) is 0 Å². The van der Waals surface area contributed by atoms with E-state index in [1.807, 2.05) is 5.38 Å². The molecule has 1 fully saturated rings. The van der Waals surface area contributed by atoms with Gasteiger partial charge in [-0.2, -0.15) is 0 Å². The van der Waals surface area contributed by atoms with E-state index in [9.17, 15) is 10.1 Å². The van der Waals surface area contributed by atoms with Gasteiger partial charge in [-0.15, -0.1) is 12.4 Å². The van der Waals surface area contributed by atoms with Crippen molar-refractivity contribution < 1.29 is 4.92 Å². The first-order valence-corrected chi connectivity index (χ1v) is 4.61. The second kappa shape index (κ2) is 4.04. The van der Waals surface area contributed by atoms with E-state index in [4.69, 9.17) is 0 Å². The Morgan fingerprint density at radius 1 is 1.69 bits per heavy atom. The molecule has 1 aliphatic rings. The Bertz CT molecular complexity index is 311. The maximum absolute atomic E-state index is 10.3. The Labute approximate surface area is 85.5 Å². The van der Waals surface area contributed by atoms with Gasteiger partial charge in [0.25, 0.3) is 0 Å². The average molecular weight is 221 g/mol. The van der Waals surface area contributed by atoms with Crippen LogP contribution in [-0.4, -0.2) is 11.5 Å². The molecule has 0 amide bonds. The molecule has 72 valence electrons. The summed E-state index contributed by atoms with van der Waals surface area (Å²) >= 11 is 1.20. The van der Waals surface area contributed by atoms with Crippen LogP contribution in [0.4, 0.5) is 5.00 Å². The number of hydrogen-bond donors (Lipinski definition) is 1. The van der Waals surface area contributed by atoms with E-state index in [1.165, 1.54) is 11.3 Å².